The second-order valence-electron chi connectivity index (χ2n) is 7.35. The molecule has 1 aromatic heterocycles. The normalized spacial score (nSPS) is 10.7. The minimum atomic E-state index is -0.112. The molecule has 0 aliphatic carbocycles. The average Bonchev–Trinajstić information content (AvgIpc) is 2.85. The van der Waals surface area contributed by atoms with E-state index in [2.05, 4.69) is 15.5 Å². The minimum absolute atomic E-state index is 0.112. The maximum atomic E-state index is 12.6. The van der Waals surface area contributed by atoms with Gasteiger partial charge in [-0.05, 0) is 53.9 Å². The number of benzene rings is 3. The zero-order chi connectivity index (χ0) is 23.0. The van der Waals surface area contributed by atoms with Crippen molar-refractivity contribution in [1.82, 2.24) is 15.5 Å². The highest BCUT2D eigenvalue weighted by atomic mass is 35.5. The maximum Gasteiger partial charge on any atom is 0.251 e. The molecule has 0 bridgehead atoms. The standard InChI is InChI=1S/C26H21Cl2N3OS/c27-22-10-9-19(23(28)16-22)13-14-29-26(32)21-8-4-5-18(15-21)17-33-25-12-11-24(30-31-25)20-6-2-1-3-7-20/h1-12,15-16H,13-14,17H2,(H,29,32). The molecule has 4 rings (SSSR count). The second-order valence-corrected chi connectivity index (χ2v) is 9.19. The topological polar surface area (TPSA) is 54.9 Å². The van der Waals surface area contributed by atoms with Crippen LogP contribution in [0.2, 0.25) is 10.0 Å². The monoisotopic (exact) mass is 493 g/mol. The smallest absolute Gasteiger partial charge is 0.251 e. The Kier molecular flexibility index (Phi) is 8.00. The van der Waals surface area contributed by atoms with E-state index in [1.165, 1.54) is 0 Å². The summed E-state index contributed by atoms with van der Waals surface area (Å²) in [6.07, 6.45) is 0.634. The Bertz CT molecular complexity index is 1230. The molecule has 1 heterocycles. The Hall–Kier alpha value is -2.86. The molecule has 1 amide bonds. The Labute approximate surface area is 207 Å². The first kappa shape index (κ1) is 23.3. The van der Waals surface area contributed by atoms with E-state index >= 15 is 0 Å². The summed E-state index contributed by atoms with van der Waals surface area (Å²) < 4.78 is 0. The summed E-state index contributed by atoms with van der Waals surface area (Å²) in [6, 6.07) is 26.9. The molecule has 0 radical (unpaired) electrons. The first-order valence-corrected chi connectivity index (χ1v) is 12.2. The van der Waals surface area contributed by atoms with Gasteiger partial charge in [0.05, 0.1) is 5.69 Å². The van der Waals surface area contributed by atoms with Gasteiger partial charge in [-0.15, -0.1) is 10.2 Å². The van der Waals surface area contributed by atoms with Crippen molar-refractivity contribution in [2.75, 3.05) is 6.54 Å². The number of nitrogens with zero attached hydrogens (tertiary/aromatic N) is 2. The average molecular weight is 494 g/mol. The number of thioether (sulfide) groups is 1. The van der Waals surface area contributed by atoms with Gasteiger partial charge in [-0.2, -0.15) is 0 Å². The van der Waals surface area contributed by atoms with Gasteiger partial charge in [-0.25, -0.2) is 0 Å². The second kappa shape index (κ2) is 11.3. The van der Waals surface area contributed by atoms with Crippen molar-refractivity contribution in [3.8, 4) is 11.3 Å². The molecule has 0 atom stereocenters. The molecule has 4 aromatic rings. The van der Waals surface area contributed by atoms with Crippen molar-refractivity contribution < 1.29 is 4.79 Å². The van der Waals surface area contributed by atoms with Crippen molar-refractivity contribution in [3.63, 3.8) is 0 Å². The lowest BCUT2D eigenvalue weighted by atomic mass is 10.1. The van der Waals surface area contributed by atoms with Gasteiger partial charge in [0.25, 0.3) is 5.91 Å². The molecule has 0 fully saturated rings. The van der Waals surface area contributed by atoms with Crippen molar-refractivity contribution in [2.24, 2.45) is 0 Å². The zero-order valence-corrected chi connectivity index (χ0v) is 20.0. The highest BCUT2D eigenvalue weighted by Crippen LogP contribution is 2.24. The fourth-order valence-corrected chi connectivity index (χ4v) is 4.52. The molecule has 1 N–H and O–H groups in total. The molecule has 4 nitrogen and oxygen atoms in total. The lowest BCUT2D eigenvalue weighted by Gasteiger charge is -2.08. The molecule has 3 aromatic carbocycles. The molecule has 33 heavy (non-hydrogen) atoms. The number of hydrogen-bond donors (Lipinski definition) is 1. The van der Waals surface area contributed by atoms with Crippen LogP contribution in [0.1, 0.15) is 21.5 Å². The van der Waals surface area contributed by atoms with Gasteiger partial charge in [0.15, 0.2) is 0 Å². The SMILES string of the molecule is O=C(NCCc1ccc(Cl)cc1Cl)c1cccc(CSc2ccc(-c3ccccc3)nn2)c1. The summed E-state index contributed by atoms with van der Waals surface area (Å²) >= 11 is 13.7. The third kappa shape index (κ3) is 6.57. The number of carbonyl (C=O) groups is 1. The number of aromatic nitrogens is 2. The lowest BCUT2D eigenvalue weighted by Crippen LogP contribution is -2.25. The van der Waals surface area contributed by atoms with Gasteiger partial charge in [0, 0.05) is 33.5 Å². The zero-order valence-electron chi connectivity index (χ0n) is 17.7. The third-order valence-corrected chi connectivity index (χ3v) is 6.56. The third-order valence-electron chi connectivity index (χ3n) is 4.98. The van der Waals surface area contributed by atoms with Crippen LogP contribution in [0.4, 0.5) is 0 Å². The van der Waals surface area contributed by atoms with E-state index in [0.29, 0.717) is 34.3 Å². The molecule has 0 aliphatic heterocycles. The number of amides is 1. The first-order chi connectivity index (χ1) is 16.1. The van der Waals surface area contributed by atoms with Crippen molar-refractivity contribution >= 4 is 40.9 Å². The fraction of sp³-hybridized carbons (Fsp3) is 0.115. The molecule has 0 unspecified atom stereocenters. The predicted octanol–water partition coefficient (Wildman–Crippen LogP) is 6.72. The van der Waals surface area contributed by atoms with E-state index in [9.17, 15) is 4.79 Å². The number of nitrogens with one attached hydrogen (secondary N) is 1. The van der Waals surface area contributed by atoms with E-state index in [0.717, 1.165) is 27.4 Å². The van der Waals surface area contributed by atoms with Crippen molar-refractivity contribution in [2.45, 2.75) is 17.2 Å². The summed E-state index contributed by atoms with van der Waals surface area (Å²) in [6.45, 7) is 0.489. The summed E-state index contributed by atoms with van der Waals surface area (Å²) in [5, 5.41) is 13.6. The summed E-state index contributed by atoms with van der Waals surface area (Å²) in [4.78, 5) is 12.6. The van der Waals surface area contributed by atoms with Crippen LogP contribution < -0.4 is 5.32 Å². The van der Waals surface area contributed by atoms with Gasteiger partial charge in [0.2, 0.25) is 0 Å². The fourth-order valence-electron chi connectivity index (χ4n) is 3.26. The molecular formula is C26H21Cl2N3OS. The number of carbonyl (C=O) groups excluding carboxylic acids is 1. The Morgan fingerprint density at radius 3 is 2.48 bits per heavy atom. The molecule has 0 aliphatic rings. The largest absolute Gasteiger partial charge is 0.352 e. The number of halogens is 2. The molecule has 0 spiro atoms. The summed E-state index contributed by atoms with van der Waals surface area (Å²) in [7, 11) is 0. The summed E-state index contributed by atoms with van der Waals surface area (Å²) in [5.74, 6) is 0.583. The highest BCUT2D eigenvalue weighted by Gasteiger charge is 2.08. The van der Waals surface area contributed by atoms with Crippen LogP contribution in [0.25, 0.3) is 11.3 Å². The molecule has 7 heteroatoms. The van der Waals surface area contributed by atoms with Crippen molar-refractivity contribution in [1.29, 1.82) is 0 Å². The van der Waals surface area contributed by atoms with Crippen LogP contribution in [0.3, 0.4) is 0 Å². The van der Waals surface area contributed by atoms with E-state index in [1.54, 1.807) is 23.9 Å². The Morgan fingerprint density at radius 1 is 0.879 bits per heavy atom. The van der Waals surface area contributed by atoms with E-state index in [1.807, 2.05) is 72.8 Å². The quantitative estimate of drug-likeness (QED) is 0.277. The summed E-state index contributed by atoms with van der Waals surface area (Å²) in [5.41, 5.74) is 4.51. The highest BCUT2D eigenvalue weighted by molar-refractivity contribution is 7.98. The van der Waals surface area contributed by atoms with Gasteiger partial charge >= 0.3 is 0 Å². The van der Waals surface area contributed by atoms with Crippen LogP contribution in [0.5, 0.6) is 0 Å². The van der Waals surface area contributed by atoms with Gasteiger partial charge in [-0.1, -0.05) is 83.5 Å². The van der Waals surface area contributed by atoms with E-state index in [4.69, 9.17) is 23.2 Å². The lowest BCUT2D eigenvalue weighted by molar-refractivity contribution is 0.0954. The minimum Gasteiger partial charge on any atom is -0.352 e. The van der Waals surface area contributed by atoms with Gasteiger partial charge < -0.3 is 5.32 Å². The van der Waals surface area contributed by atoms with Gasteiger partial charge in [-0.3, -0.25) is 4.79 Å². The van der Waals surface area contributed by atoms with Crippen molar-refractivity contribution in [3.05, 3.63) is 112 Å². The predicted molar refractivity (Wildman–Crippen MR) is 136 cm³/mol. The molecule has 0 saturated heterocycles. The van der Waals surface area contributed by atoms with Crippen LogP contribution in [-0.2, 0) is 12.2 Å². The van der Waals surface area contributed by atoms with E-state index in [-0.39, 0.29) is 5.91 Å². The molecule has 0 saturated carbocycles. The number of rotatable bonds is 8. The molecular weight excluding hydrogens is 473 g/mol. The van der Waals surface area contributed by atoms with Gasteiger partial charge in [0.1, 0.15) is 5.03 Å². The number of hydrogen-bond acceptors (Lipinski definition) is 4. The van der Waals surface area contributed by atoms with Crippen LogP contribution in [-0.4, -0.2) is 22.6 Å². The van der Waals surface area contributed by atoms with Crippen LogP contribution >= 0.6 is 35.0 Å². The Morgan fingerprint density at radius 2 is 1.73 bits per heavy atom. The molecule has 166 valence electrons. The first-order valence-electron chi connectivity index (χ1n) is 10.4. The van der Waals surface area contributed by atoms with E-state index < -0.39 is 0 Å². The maximum absolute atomic E-state index is 12.6. The Balaban J connectivity index is 1.30. The van der Waals surface area contributed by atoms with Crippen LogP contribution in [0.15, 0.2) is 90.0 Å². The van der Waals surface area contributed by atoms with Crippen LogP contribution in [0, 0.1) is 0 Å².